The number of aliphatic hydroxyl groups excluding tert-OH is 1. The molecule has 0 saturated heterocycles. The van der Waals surface area contributed by atoms with Gasteiger partial charge in [0.2, 0.25) is 0 Å². The fourth-order valence-corrected chi connectivity index (χ4v) is 1.65. The Morgan fingerprint density at radius 1 is 1.47 bits per heavy atom. The van der Waals surface area contributed by atoms with Gasteiger partial charge in [-0.15, -0.1) is 0 Å². The van der Waals surface area contributed by atoms with Crippen LogP contribution in [0, 0.1) is 5.82 Å². The van der Waals surface area contributed by atoms with Gasteiger partial charge in [-0.3, -0.25) is 4.79 Å². The summed E-state index contributed by atoms with van der Waals surface area (Å²) in [5.41, 5.74) is -0.0621. The van der Waals surface area contributed by atoms with Crippen LogP contribution in [0.25, 0.3) is 0 Å². The average Bonchev–Trinajstić information content (AvgIpc) is 2.37. The number of carbonyl (C=O) groups excluding carboxylic acids is 1. The zero-order valence-corrected chi connectivity index (χ0v) is 11.2. The molecular formula is C13H18FNO4. The third kappa shape index (κ3) is 4.18. The molecule has 0 spiro atoms. The highest BCUT2D eigenvalue weighted by Crippen LogP contribution is 2.17. The van der Waals surface area contributed by atoms with Crippen LogP contribution in [-0.4, -0.2) is 56.4 Å². The lowest BCUT2D eigenvalue weighted by atomic mass is 10.1. The van der Waals surface area contributed by atoms with Gasteiger partial charge in [0.15, 0.2) is 0 Å². The molecule has 1 rings (SSSR count). The van der Waals surface area contributed by atoms with Crippen LogP contribution in [-0.2, 0) is 4.74 Å². The minimum absolute atomic E-state index is 0.0621. The molecule has 106 valence electrons. The Balaban J connectivity index is 2.76. The molecule has 19 heavy (non-hydrogen) atoms. The Bertz CT molecular complexity index is 439. The number of hydrogen-bond acceptors (Lipinski definition) is 4. The van der Waals surface area contributed by atoms with Crippen LogP contribution in [0.1, 0.15) is 10.4 Å². The maximum absolute atomic E-state index is 13.7. The van der Waals surface area contributed by atoms with Gasteiger partial charge in [-0.05, 0) is 12.1 Å². The first kappa shape index (κ1) is 15.4. The topological polar surface area (TPSA) is 59.0 Å². The minimum Gasteiger partial charge on any atom is -0.497 e. The summed E-state index contributed by atoms with van der Waals surface area (Å²) in [6.07, 6.45) is -0.805. The molecule has 0 saturated carbocycles. The van der Waals surface area contributed by atoms with E-state index in [-0.39, 0.29) is 18.7 Å². The Hall–Kier alpha value is -1.66. The van der Waals surface area contributed by atoms with E-state index in [2.05, 4.69) is 0 Å². The van der Waals surface area contributed by atoms with E-state index in [1.807, 2.05) is 0 Å². The Morgan fingerprint density at radius 3 is 2.68 bits per heavy atom. The molecule has 0 heterocycles. The molecule has 0 aromatic heterocycles. The summed E-state index contributed by atoms with van der Waals surface area (Å²) in [5, 5.41) is 9.53. The number of rotatable bonds is 6. The van der Waals surface area contributed by atoms with Gasteiger partial charge in [-0.2, -0.15) is 0 Å². The summed E-state index contributed by atoms with van der Waals surface area (Å²) in [4.78, 5) is 13.2. The average molecular weight is 271 g/mol. The van der Waals surface area contributed by atoms with Crippen molar-refractivity contribution in [3.8, 4) is 5.75 Å². The van der Waals surface area contributed by atoms with E-state index in [9.17, 15) is 14.3 Å². The first-order valence-corrected chi connectivity index (χ1v) is 5.75. The lowest BCUT2D eigenvalue weighted by Crippen LogP contribution is -2.36. The van der Waals surface area contributed by atoms with Crippen molar-refractivity contribution in [3.63, 3.8) is 0 Å². The van der Waals surface area contributed by atoms with E-state index in [0.717, 1.165) is 6.07 Å². The number of halogens is 1. The maximum atomic E-state index is 13.7. The lowest BCUT2D eigenvalue weighted by Gasteiger charge is -2.20. The van der Waals surface area contributed by atoms with E-state index in [1.165, 1.54) is 38.3 Å². The molecule has 5 nitrogen and oxygen atoms in total. The van der Waals surface area contributed by atoms with E-state index in [4.69, 9.17) is 9.47 Å². The number of nitrogens with zero attached hydrogens (tertiary/aromatic N) is 1. The predicted molar refractivity (Wildman–Crippen MR) is 67.8 cm³/mol. The summed E-state index contributed by atoms with van der Waals surface area (Å²) in [6.45, 7) is 0.181. The third-order valence-corrected chi connectivity index (χ3v) is 2.60. The smallest absolute Gasteiger partial charge is 0.256 e. The highest BCUT2D eigenvalue weighted by atomic mass is 19.1. The van der Waals surface area contributed by atoms with Crippen LogP contribution < -0.4 is 4.74 Å². The predicted octanol–water partition coefficient (Wildman–Crippen LogP) is 0.914. The van der Waals surface area contributed by atoms with Crippen molar-refractivity contribution < 1.29 is 23.8 Å². The van der Waals surface area contributed by atoms with Gasteiger partial charge in [-0.25, -0.2) is 4.39 Å². The summed E-state index contributed by atoms with van der Waals surface area (Å²) in [5.74, 6) is -0.816. The first-order chi connectivity index (χ1) is 8.99. The second kappa shape index (κ2) is 7.06. The molecule has 0 radical (unpaired) electrons. The standard InChI is InChI=1S/C13H18FNO4/c1-15(7-9(16)8-18-2)13(17)11-5-4-10(19-3)6-12(11)14/h4-6,9,16H,7-8H2,1-3H3. The van der Waals surface area contributed by atoms with Crippen LogP contribution in [0.3, 0.4) is 0 Å². The van der Waals surface area contributed by atoms with Crippen molar-refractivity contribution in [1.29, 1.82) is 0 Å². The fraction of sp³-hybridized carbons (Fsp3) is 0.462. The minimum atomic E-state index is -0.805. The molecule has 0 bridgehead atoms. The quantitative estimate of drug-likeness (QED) is 0.835. The van der Waals surface area contributed by atoms with E-state index >= 15 is 0 Å². The molecule has 0 aliphatic rings. The highest BCUT2D eigenvalue weighted by molar-refractivity contribution is 5.94. The number of amides is 1. The molecule has 1 amide bonds. The molecule has 1 atom stereocenters. The van der Waals surface area contributed by atoms with Crippen LogP contribution in [0.4, 0.5) is 4.39 Å². The molecule has 0 fully saturated rings. The second-order valence-electron chi connectivity index (χ2n) is 4.14. The van der Waals surface area contributed by atoms with Gasteiger partial charge in [0.1, 0.15) is 11.6 Å². The van der Waals surface area contributed by atoms with Crippen molar-refractivity contribution in [2.45, 2.75) is 6.10 Å². The Kier molecular flexibility index (Phi) is 5.72. The Labute approximate surface area is 111 Å². The van der Waals surface area contributed by atoms with E-state index in [1.54, 1.807) is 0 Å². The zero-order valence-electron chi connectivity index (χ0n) is 11.2. The van der Waals surface area contributed by atoms with Gasteiger partial charge in [0, 0.05) is 26.8 Å². The van der Waals surface area contributed by atoms with Crippen molar-refractivity contribution in [2.24, 2.45) is 0 Å². The molecule has 0 aliphatic carbocycles. The zero-order chi connectivity index (χ0) is 14.4. The number of ether oxygens (including phenoxy) is 2. The van der Waals surface area contributed by atoms with Crippen LogP contribution in [0.15, 0.2) is 18.2 Å². The fourth-order valence-electron chi connectivity index (χ4n) is 1.65. The first-order valence-electron chi connectivity index (χ1n) is 5.75. The SMILES string of the molecule is COCC(O)CN(C)C(=O)c1ccc(OC)cc1F. The molecule has 6 heteroatoms. The maximum Gasteiger partial charge on any atom is 0.256 e. The normalized spacial score (nSPS) is 12.1. The van der Waals surface area contributed by atoms with Crippen LogP contribution >= 0.6 is 0 Å². The largest absolute Gasteiger partial charge is 0.497 e. The lowest BCUT2D eigenvalue weighted by molar-refractivity contribution is 0.0378. The van der Waals surface area contributed by atoms with Crippen molar-refractivity contribution >= 4 is 5.91 Å². The number of benzene rings is 1. The monoisotopic (exact) mass is 271 g/mol. The van der Waals surface area contributed by atoms with Crippen molar-refractivity contribution in [1.82, 2.24) is 4.90 Å². The van der Waals surface area contributed by atoms with E-state index in [0.29, 0.717) is 5.75 Å². The molecular weight excluding hydrogens is 253 g/mol. The van der Waals surface area contributed by atoms with Gasteiger partial charge >= 0.3 is 0 Å². The number of likely N-dealkylation sites (N-methyl/N-ethyl adjacent to an activating group) is 1. The summed E-state index contributed by atoms with van der Waals surface area (Å²) >= 11 is 0. The van der Waals surface area contributed by atoms with Crippen molar-refractivity contribution in [3.05, 3.63) is 29.6 Å². The summed E-state index contributed by atoms with van der Waals surface area (Å²) in [6, 6.07) is 4.01. The summed E-state index contributed by atoms with van der Waals surface area (Å²) < 4.78 is 23.3. The highest BCUT2D eigenvalue weighted by Gasteiger charge is 2.19. The summed E-state index contributed by atoms with van der Waals surface area (Å²) in [7, 11) is 4.36. The molecule has 1 unspecified atom stereocenters. The number of hydrogen-bond donors (Lipinski definition) is 1. The van der Waals surface area contributed by atoms with Crippen molar-refractivity contribution in [2.75, 3.05) is 34.4 Å². The van der Waals surface area contributed by atoms with Gasteiger partial charge < -0.3 is 19.5 Å². The molecule has 1 aromatic carbocycles. The Morgan fingerprint density at radius 2 is 2.16 bits per heavy atom. The van der Waals surface area contributed by atoms with Gasteiger partial charge in [0.05, 0.1) is 25.4 Å². The van der Waals surface area contributed by atoms with E-state index < -0.39 is 17.8 Å². The second-order valence-corrected chi connectivity index (χ2v) is 4.14. The van der Waals surface area contributed by atoms with Gasteiger partial charge in [-0.1, -0.05) is 0 Å². The van der Waals surface area contributed by atoms with Crippen LogP contribution in [0.5, 0.6) is 5.75 Å². The molecule has 1 aromatic rings. The van der Waals surface area contributed by atoms with Crippen LogP contribution in [0.2, 0.25) is 0 Å². The number of carbonyl (C=O) groups is 1. The third-order valence-electron chi connectivity index (χ3n) is 2.60. The van der Waals surface area contributed by atoms with Gasteiger partial charge in [0.25, 0.3) is 5.91 Å². The molecule has 0 aliphatic heterocycles. The number of aliphatic hydroxyl groups is 1. The molecule has 1 N–H and O–H groups in total. The number of methoxy groups -OCH3 is 2.